The molecule has 0 spiro atoms. The number of carbonyl (C=O) groups excluding carboxylic acids is 1. The molecule has 0 aromatic heterocycles. The Balaban J connectivity index is 0.00000436. The maximum atomic E-state index is 11.9. The van der Waals surface area contributed by atoms with E-state index >= 15 is 0 Å². The minimum Gasteiger partial charge on any atom is -0.481 e. The second kappa shape index (κ2) is 16.6. The molecule has 2 unspecified atom stereocenters. The number of benzene rings is 1. The first-order valence-corrected chi connectivity index (χ1v) is 10.3. The topological polar surface area (TPSA) is 165 Å². The molecule has 0 fully saturated rings. The summed E-state index contributed by atoms with van der Waals surface area (Å²) < 4.78 is 0. The van der Waals surface area contributed by atoms with E-state index in [2.05, 4.69) is 16.0 Å². The molecule has 0 saturated carbocycles. The van der Waals surface area contributed by atoms with E-state index in [-0.39, 0.29) is 12.8 Å². The van der Waals surface area contributed by atoms with Crippen LogP contribution in [0, 0.1) is 0 Å². The first-order chi connectivity index (χ1) is 14.8. The fourth-order valence-corrected chi connectivity index (χ4v) is 2.57. The van der Waals surface area contributed by atoms with Crippen LogP contribution in [-0.2, 0) is 20.9 Å². The molecule has 1 aromatic rings. The van der Waals surface area contributed by atoms with E-state index in [0.717, 1.165) is 5.56 Å². The number of carboxylic acid groups (broad SMARTS) is 3. The van der Waals surface area contributed by atoms with E-state index in [1.54, 1.807) is 0 Å². The highest BCUT2D eigenvalue weighted by molar-refractivity contribution is 5.86. The van der Waals surface area contributed by atoms with Gasteiger partial charge in [0.2, 0.25) is 0 Å². The van der Waals surface area contributed by atoms with E-state index in [4.69, 9.17) is 10.2 Å². The fraction of sp³-hybridized carbons (Fsp3) is 0.524. The van der Waals surface area contributed by atoms with Gasteiger partial charge in [0.15, 0.2) is 0 Å². The van der Waals surface area contributed by atoms with Gasteiger partial charge < -0.3 is 31.3 Å². The van der Waals surface area contributed by atoms with Crippen LogP contribution in [0.1, 0.15) is 51.5 Å². The smallest absolute Gasteiger partial charge is 0.326 e. The third-order valence-corrected chi connectivity index (χ3v) is 4.12. The first kappa shape index (κ1) is 27.9. The summed E-state index contributed by atoms with van der Waals surface area (Å²) in [6, 6.07) is 6.28. The number of aliphatic carboxylic acids is 3. The monoisotopic (exact) mass is 439 g/mol. The van der Waals surface area contributed by atoms with Crippen LogP contribution >= 0.6 is 0 Å². The number of carboxylic acids is 3. The molecule has 174 valence electrons. The van der Waals surface area contributed by atoms with E-state index < -0.39 is 42.4 Å². The van der Waals surface area contributed by atoms with Crippen molar-refractivity contribution in [1.29, 1.82) is 0 Å². The van der Waals surface area contributed by atoms with Crippen molar-refractivity contribution in [2.45, 2.75) is 64.6 Å². The molecule has 10 heteroatoms. The van der Waals surface area contributed by atoms with Crippen molar-refractivity contribution >= 4 is 23.9 Å². The highest BCUT2D eigenvalue weighted by atomic mass is 16.4. The van der Waals surface area contributed by atoms with Gasteiger partial charge in [0.05, 0.1) is 0 Å². The van der Waals surface area contributed by atoms with Crippen molar-refractivity contribution in [3.8, 4) is 0 Å². The average molecular weight is 440 g/mol. The molecule has 1 aromatic carbocycles. The molecule has 31 heavy (non-hydrogen) atoms. The molecule has 2 amide bonds. The molecular weight excluding hydrogens is 406 g/mol. The zero-order chi connectivity index (χ0) is 23.6. The summed E-state index contributed by atoms with van der Waals surface area (Å²) in [5, 5.41) is 34.5. The van der Waals surface area contributed by atoms with Crippen molar-refractivity contribution < 1.29 is 34.5 Å². The largest absolute Gasteiger partial charge is 0.481 e. The summed E-state index contributed by atoms with van der Waals surface area (Å²) in [6.07, 6.45) is 0.692. The van der Waals surface area contributed by atoms with Gasteiger partial charge in [-0.25, -0.2) is 14.4 Å². The Kier molecular flexibility index (Phi) is 15.0. The number of hydrogen-bond acceptors (Lipinski definition) is 5. The van der Waals surface area contributed by atoms with Crippen LogP contribution in [0.5, 0.6) is 0 Å². The van der Waals surface area contributed by atoms with Gasteiger partial charge in [0, 0.05) is 13.0 Å². The molecule has 0 aliphatic rings. The Morgan fingerprint density at radius 1 is 0.839 bits per heavy atom. The highest BCUT2D eigenvalue weighted by Gasteiger charge is 2.24. The second-order valence-electron chi connectivity index (χ2n) is 6.49. The zero-order valence-corrected chi connectivity index (χ0v) is 18.0. The summed E-state index contributed by atoms with van der Waals surface area (Å²) >= 11 is 0. The zero-order valence-electron chi connectivity index (χ0n) is 18.0. The van der Waals surface area contributed by atoms with Crippen molar-refractivity contribution in [3.05, 3.63) is 35.9 Å². The first-order valence-electron chi connectivity index (χ1n) is 10.3. The van der Waals surface area contributed by atoms with E-state index in [0.29, 0.717) is 25.9 Å². The number of rotatable bonds is 14. The van der Waals surface area contributed by atoms with Gasteiger partial charge in [0.25, 0.3) is 0 Å². The number of amides is 2. The highest BCUT2D eigenvalue weighted by Crippen LogP contribution is 2.03. The van der Waals surface area contributed by atoms with Crippen LogP contribution < -0.4 is 16.0 Å². The maximum absolute atomic E-state index is 11.9. The van der Waals surface area contributed by atoms with E-state index in [1.807, 2.05) is 44.2 Å². The predicted octanol–water partition coefficient (Wildman–Crippen LogP) is 2.04. The normalized spacial score (nSPS) is 11.9. The number of hydrogen-bond donors (Lipinski definition) is 6. The van der Waals surface area contributed by atoms with Crippen molar-refractivity contribution in [2.24, 2.45) is 0 Å². The van der Waals surface area contributed by atoms with Crippen LogP contribution in [-0.4, -0.2) is 57.9 Å². The Labute approximate surface area is 182 Å². The molecule has 0 saturated heterocycles. The van der Waals surface area contributed by atoms with E-state index in [1.165, 1.54) is 0 Å². The van der Waals surface area contributed by atoms with Crippen molar-refractivity contribution in [2.75, 3.05) is 6.54 Å². The lowest BCUT2D eigenvalue weighted by Gasteiger charge is -2.18. The van der Waals surface area contributed by atoms with Gasteiger partial charge in [-0.1, -0.05) is 44.2 Å². The van der Waals surface area contributed by atoms with E-state index in [9.17, 15) is 24.3 Å². The molecule has 0 bridgehead atoms. The molecule has 10 nitrogen and oxygen atoms in total. The lowest BCUT2D eigenvalue weighted by molar-refractivity contribution is -0.140. The van der Waals surface area contributed by atoms with Crippen molar-refractivity contribution in [1.82, 2.24) is 16.0 Å². The summed E-state index contributed by atoms with van der Waals surface area (Å²) in [6.45, 7) is 5.39. The molecule has 2 atom stereocenters. The van der Waals surface area contributed by atoms with Crippen LogP contribution in [0.3, 0.4) is 0 Å². The Bertz CT molecular complexity index is 683. The standard InChI is InChI=1S/C19H27N3O7.C2H6/c23-16(24)10-9-15(18(27)28)22-19(29)21-14(17(25)26)8-4-5-11-20-12-13-6-2-1-3-7-13;1-2/h1-3,6-7,14-15,20H,4-5,8-12H2,(H,23,24)(H,25,26)(H,27,28)(H2,21,22,29);1-2H3. The summed E-state index contributed by atoms with van der Waals surface area (Å²) in [5.74, 6) is -3.81. The minimum atomic E-state index is -1.41. The molecule has 0 aliphatic carbocycles. The third-order valence-electron chi connectivity index (χ3n) is 4.12. The van der Waals surface area contributed by atoms with Crippen LogP contribution in [0.15, 0.2) is 30.3 Å². The quantitative estimate of drug-likeness (QED) is 0.240. The molecule has 0 aliphatic heterocycles. The number of unbranched alkanes of at least 4 members (excludes halogenated alkanes) is 1. The van der Waals surface area contributed by atoms with Crippen molar-refractivity contribution in [3.63, 3.8) is 0 Å². The molecule has 0 heterocycles. The number of urea groups is 1. The lowest BCUT2D eigenvalue weighted by atomic mass is 10.1. The summed E-state index contributed by atoms with van der Waals surface area (Å²) in [7, 11) is 0. The second-order valence-corrected chi connectivity index (χ2v) is 6.49. The molecular formula is C21H33N3O7. The van der Waals surface area contributed by atoms with Gasteiger partial charge in [-0.15, -0.1) is 0 Å². The molecule has 6 N–H and O–H groups in total. The van der Waals surface area contributed by atoms with Gasteiger partial charge in [0.1, 0.15) is 12.1 Å². The number of nitrogens with one attached hydrogen (secondary N) is 3. The van der Waals surface area contributed by atoms with Gasteiger partial charge in [-0.2, -0.15) is 0 Å². The predicted molar refractivity (Wildman–Crippen MR) is 115 cm³/mol. The Morgan fingerprint density at radius 3 is 1.90 bits per heavy atom. The minimum absolute atomic E-state index is 0.183. The van der Waals surface area contributed by atoms with Gasteiger partial charge >= 0.3 is 23.9 Å². The fourth-order valence-electron chi connectivity index (χ4n) is 2.57. The Morgan fingerprint density at radius 2 is 1.39 bits per heavy atom. The van der Waals surface area contributed by atoms with Crippen LogP contribution in [0.2, 0.25) is 0 Å². The Hall–Kier alpha value is -3.14. The summed E-state index contributed by atoms with van der Waals surface area (Å²) in [4.78, 5) is 44.9. The lowest BCUT2D eigenvalue weighted by Crippen LogP contribution is -2.51. The third kappa shape index (κ3) is 13.7. The van der Waals surface area contributed by atoms with Gasteiger partial charge in [-0.3, -0.25) is 4.79 Å². The SMILES string of the molecule is CC.O=C(O)CCC(NC(=O)NC(CCCCNCc1ccccc1)C(=O)O)C(=O)O. The molecule has 0 radical (unpaired) electrons. The van der Waals surface area contributed by atoms with Gasteiger partial charge in [-0.05, 0) is 37.8 Å². The maximum Gasteiger partial charge on any atom is 0.326 e. The average Bonchev–Trinajstić information content (AvgIpc) is 2.74. The van der Waals surface area contributed by atoms with Crippen LogP contribution in [0.25, 0.3) is 0 Å². The summed E-state index contributed by atoms with van der Waals surface area (Å²) in [5.41, 5.74) is 1.14. The number of carbonyl (C=O) groups is 4. The van der Waals surface area contributed by atoms with Crippen LogP contribution in [0.4, 0.5) is 4.79 Å². The molecule has 1 rings (SSSR count).